The molecule has 15 heteroatoms. The second-order valence-corrected chi connectivity index (χ2v) is 9.04. The number of ether oxygens (including phenoxy) is 1. The quantitative estimate of drug-likeness (QED) is 0.506. The first kappa shape index (κ1) is 26.9. The maximum absolute atomic E-state index is 15.1. The minimum Gasteiger partial charge on any atom is -0.409 e. The van der Waals surface area contributed by atoms with Crippen molar-refractivity contribution in [2.45, 2.75) is 12.5 Å². The topological polar surface area (TPSA) is 99.1 Å². The highest BCUT2D eigenvalue weighted by atomic mass is 19.3. The number of urea groups is 1. The van der Waals surface area contributed by atoms with E-state index in [2.05, 4.69) is 4.90 Å². The number of carbonyl (C=O) groups is 3. The number of alkyl carbamates (subject to hydrolysis) is 1. The molecule has 37 heavy (non-hydrogen) atoms. The third kappa shape index (κ3) is 6.22. The van der Waals surface area contributed by atoms with E-state index in [0.717, 1.165) is 25.2 Å². The van der Waals surface area contributed by atoms with Gasteiger partial charge in [0.2, 0.25) is 0 Å². The lowest BCUT2D eigenvalue weighted by Gasteiger charge is -2.35. The van der Waals surface area contributed by atoms with Gasteiger partial charge in [0, 0.05) is 51.4 Å². The highest BCUT2D eigenvalue weighted by molar-refractivity contribution is 5.79. The predicted molar refractivity (Wildman–Crippen MR) is 120 cm³/mol. The average molecular weight is 534 g/mol. The molecule has 3 aliphatic heterocycles. The zero-order chi connectivity index (χ0) is 26.7. The van der Waals surface area contributed by atoms with Gasteiger partial charge in [-0.25, -0.2) is 18.6 Å². The largest absolute Gasteiger partial charge is 0.520 e. The Morgan fingerprint density at radius 1 is 1.08 bits per heavy atom. The summed E-state index contributed by atoms with van der Waals surface area (Å²) < 4.78 is 59.9. The van der Waals surface area contributed by atoms with Gasteiger partial charge in [-0.1, -0.05) is 0 Å². The van der Waals surface area contributed by atoms with Crippen molar-refractivity contribution < 1.29 is 46.4 Å². The Morgan fingerprint density at radius 3 is 2.41 bits per heavy atom. The monoisotopic (exact) mass is 533 g/mol. The van der Waals surface area contributed by atoms with Crippen molar-refractivity contribution in [1.29, 1.82) is 0 Å². The van der Waals surface area contributed by atoms with Crippen LogP contribution in [0.2, 0.25) is 0 Å². The summed E-state index contributed by atoms with van der Waals surface area (Å²) in [7, 11) is 1.97. The predicted octanol–water partition coefficient (Wildman–Crippen LogP) is -0.198. The molecule has 0 saturated carbocycles. The van der Waals surface area contributed by atoms with E-state index in [4.69, 9.17) is 9.57 Å². The van der Waals surface area contributed by atoms with Crippen LogP contribution in [-0.4, -0.2) is 118 Å². The summed E-state index contributed by atoms with van der Waals surface area (Å²) in [5, 5.41) is 3.17. The smallest absolute Gasteiger partial charge is 0.409 e. The van der Waals surface area contributed by atoms with Gasteiger partial charge in [-0.05, 0) is 7.05 Å². The molecule has 0 aromatic heterocycles. The highest BCUT2D eigenvalue weighted by Gasteiger charge is 2.40. The van der Waals surface area contributed by atoms with Gasteiger partial charge in [0.25, 0.3) is 5.91 Å². The van der Waals surface area contributed by atoms with Crippen LogP contribution in [0.4, 0.5) is 38.5 Å². The molecule has 0 bridgehead atoms. The molecule has 1 aromatic carbocycles. The fourth-order valence-electron chi connectivity index (χ4n) is 4.44. The summed E-state index contributed by atoms with van der Waals surface area (Å²) in [6.45, 7) is 2.53. The number of likely N-dealkylation sites (N-methyl/N-ethyl adjacent to an activating group) is 1. The summed E-state index contributed by atoms with van der Waals surface area (Å²) in [4.78, 5) is 46.8. The number of hydroxylamine groups is 2. The molecule has 2 N–H and O–H groups in total. The first-order valence-corrected chi connectivity index (χ1v) is 11.9. The van der Waals surface area contributed by atoms with E-state index in [1.807, 2.05) is 12.4 Å². The molecule has 2 unspecified atom stereocenters. The fourth-order valence-corrected chi connectivity index (χ4v) is 4.44. The molecular formula is C22H29F4N6O5+. The molecule has 1 aromatic rings. The van der Waals surface area contributed by atoms with Crippen molar-refractivity contribution in [2.24, 2.45) is 0 Å². The number of rotatable bonds is 5. The lowest BCUT2D eigenvalue weighted by Crippen LogP contribution is -3.08. The van der Waals surface area contributed by atoms with Gasteiger partial charge in [-0.2, -0.15) is 18.5 Å². The fraction of sp³-hybridized carbons (Fsp3) is 0.591. The number of benzene rings is 1. The maximum Gasteiger partial charge on any atom is 0.520 e. The normalized spacial score (nSPS) is 23.3. The Kier molecular flexibility index (Phi) is 8.34. The number of halogens is 4. The summed E-state index contributed by atoms with van der Waals surface area (Å²) in [5.41, 5.74) is -0.349. The average Bonchev–Trinajstić information content (AvgIpc) is 3.06. The van der Waals surface area contributed by atoms with Crippen LogP contribution in [0.1, 0.15) is 0 Å². The second-order valence-electron chi connectivity index (χ2n) is 9.04. The van der Waals surface area contributed by atoms with E-state index >= 15 is 8.78 Å². The number of cyclic esters (lactones) is 1. The summed E-state index contributed by atoms with van der Waals surface area (Å²) in [6, 6.07) is 1.73. The van der Waals surface area contributed by atoms with Crippen molar-refractivity contribution in [3.05, 3.63) is 23.8 Å². The molecule has 3 heterocycles. The molecule has 204 valence electrons. The standard InChI is InChI=1S/C22H28F4N6O5/c1-28-2-4-30(5-3-28)21(34)32-7-6-29(8-9-36-32)18-16(23)10-14(11-17(18)24)31-13-15(37-22(31)35)12-27-20(33)19(25)26/h10-11,15,19H,2-9,12-13H2,1H3,(H,27,33)/p+1. The minimum absolute atomic E-state index is 0.0243. The van der Waals surface area contributed by atoms with E-state index in [1.165, 1.54) is 9.96 Å². The molecule has 0 radical (unpaired) electrons. The first-order chi connectivity index (χ1) is 17.6. The van der Waals surface area contributed by atoms with Crippen LogP contribution in [0.25, 0.3) is 0 Å². The molecule has 3 saturated heterocycles. The van der Waals surface area contributed by atoms with Gasteiger partial charge >= 0.3 is 18.5 Å². The van der Waals surface area contributed by atoms with E-state index in [0.29, 0.717) is 13.1 Å². The van der Waals surface area contributed by atoms with Crippen molar-refractivity contribution in [3.8, 4) is 0 Å². The number of amides is 4. The van der Waals surface area contributed by atoms with Crippen molar-refractivity contribution >= 4 is 29.4 Å². The Balaban J connectivity index is 1.39. The summed E-state index contributed by atoms with van der Waals surface area (Å²) in [5.74, 6) is -3.33. The number of hydrogen-bond acceptors (Lipinski definition) is 7. The Hall–Kier alpha value is -3.17. The van der Waals surface area contributed by atoms with Gasteiger partial charge in [0.05, 0.1) is 19.7 Å². The lowest BCUT2D eigenvalue weighted by molar-refractivity contribution is -0.734. The van der Waals surface area contributed by atoms with Crippen LogP contribution < -0.4 is 15.1 Å². The number of piperazine rings is 1. The molecule has 0 spiro atoms. The Labute approximate surface area is 210 Å². The summed E-state index contributed by atoms with van der Waals surface area (Å²) >= 11 is 0. The van der Waals surface area contributed by atoms with Crippen LogP contribution >= 0.6 is 0 Å². The number of nitrogens with zero attached hydrogens (tertiary/aromatic N) is 4. The number of anilines is 1. The number of hydrogen-bond donors (Lipinski definition) is 2. The van der Waals surface area contributed by atoms with E-state index in [9.17, 15) is 23.2 Å². The van der Waals surface area contributed by atoms with Crippen molar-refractivity contribution in [2.75, 3.05) is 77.5 Å². The molecule has 3 fully saturated rings. The number of quaternary nitrogens is 1. The first-order valence-electron chi connectivity index (χ1n) is 11.9. The Bertz CT molecular complexity index is 1000. The minimum atomic E-state index is -3.21. The zero-order valence-electron chi connectivity index (χ0n) is 20.2. The third-order valence-corrected chi connectivity index (χ3v) is 6.50. The highest BCUT2D eigenvalue weighted by Crippen LogP contribution is 2.27. The molecule has 0 aliphatic carbocycles. The van der Waals surface area contributed by atoms with Gasteiger partial charge < -0.3 is 24.8 Å². The number of carbonyl (C=O) groups excluding carboxylic acids is 3. The van der Waals surface area contributed by atoms with Crippen molar-refractivity contribution in [3.63, 3.8) is 0 Å². The van der Waals surface area contributed by atoms with Crippen LogP contribution in [0.5, 0.6) is 0 Å². The Morgan fingerprint density at radius 2 is 1.76 bits per heavy atom. The van der Waals surface area contributed by atoms with Gasteiger partial charge in [0.1, 0.15) is 17.9 Å². The second kappa shape index (κ2) is 11.5. The van der Waals surface area contributed by atoms with E-state index < -0.39 is 36.2 Å². The SMILES string of the molecule is CN1CCN(C(=O)N2CCN(c3c(F)cc([NH+]4CC(CNC(=O)C(F)F)OC4=O)cc3F)CCO2)CC1. The number of alkyl halides is 2. The van der Waals surface area contributed by atoms with E-state index in [-0.39, 0.29) is 61.6 Å². The molecule has 3 aliphatic rings. The summed E-state index contributed by atoms with van der Waals surface area (Å²) in [6.07, 6.45) is -4.98. The molecule has 2 atom stereocenters. The van der Waals surface area contributed by atoms with Crippen LogP contribution in [-0.2, 0) is 14.4 Å². The van der Waals surface area contributed by atoms with Crippen molar-refractivity contribution in [1.82, 2.24) is 20.2 Å². The lowest BCUT2D eigenvalue weighted by atomic mass is 10.2. The maximum atomic E-state index is 15.1. The molecule has 11 nitrogen and oxygen atoms in total. The van der Waals surface area contributed by atoms with Gasteiger partial charge in [0.15, 0.2) is 17.7 Å². The molecule has 4 amide bonds. The van der Waals surface area contributed by atoms with Crippen LogP contribution in [0, 0.1) is 11.6 Å². The third-order valence-electron chi connectivity index (χ3n) is 6.50. The molecular weight excluding hydrogens is 504 g/mol. The van der Waals surface area contributed by atoms with Crippen LogP contribution in [0.15, 0.2) is 12.1 Å². The number of nitrogens with one attached hydrogen (secondary N) is 2. The van der Waals surface area contributed by atoms with Gasteiger partial charge in [-0.15, -0.1) is 0 Å². The zero-order valence-corrected chi connectivity index (χ0v) is 20.2. The van der Waals surface area contributed by atoms with Gasteiger partial charge in [-0.3, -0.25) is 9.63 Å². The molecule has 4 rings (SSSR count). The van der Waals surface area contributed by atoms with E-state index in [1.54, 1.807) is 4.90 Å². The van der Waals surface area contributed by atoms with Crippen LogP contribution in [0.3, 0.4) is 0 Å².